The minimum Gasteiger partial charge on any atom is -0.495 e. The number of rotatable bonds is 5. The van der Waals surface area contributed by atoms with Gasteiger partial charge in [0.05, 0.1) is 7.11 Å². The van der Waals surface area contributed by atoms with Gasteiger partial charge in [0, 0.05) is 0 Å². The third-order valence-corrected chi connectivity index (χ3v) is 4.33. The molecule has 0 radical (unpaired) electrons. The molecule has 0 saturated carbocycles. The number of hydrogen-bond donors (Lipinski definition) is 2. The molecule has 1 atom stereocenters. The third-order valence-electron chi connectivity index (χ3n) is 2.77. The lowest BCUT2D eigenvalue weighted by atomic mass is 10.1. The first-order valence-electron chi connectivity index (χ1n) is 5.59. The summed E-state index contributed by atoms with van der Waals surface area (Å²) in [6.07, 6.45) is 0. The van der Waals surface area contributed by atoms with Gasteiger partial charge in [0.2, 0.25) is 10.0 Å². The van der Waals surface area contributed by atoms with Crippen LogP contribution in [-0.2, 0) is 14.8 Å². The van der Waals surface area contributed by atoms with Crippen LogP contribution in [0.15, 0.2) is 17.0 Å². The average Bonchev–Trinajstić information content (AvgIpc) is 2.31. The lowest BCUT2D eigenvalue weighted by molar-refractivity contribution is -0.138. The van der Waals surface area contributed by atoms with Crippen molar-refractivity contribution in [3.05, 3.63) is 23.3 Å². The van der Waals surface area contributed by atoms with Crippen molar-refractivity contribution in [2.75, 3.05) is 7.11 Å². The molecule has 1 rings (SSSR count). The van der Waals surface area contributed by atoms with Gasteiger partial charge < -0.3 is 9.84 Å². The van der Waals surface area contributed by atoms with Crippen LogP contribution in [0.4, 0.5) is 0 Å². The second-order valence-electron chi connectivity index (χ2n) is 4.27. The Balaban J connectivity index is 3.28. The molecule has 6 nitrogen and oxygen atoms in total. The number of ether oxygens (including phenoxy) is 1. The van der Waals surface area contributed by atoms with Gasteiger partial charge in [0.15, 0.2) is 0 Å². The summed E-state index contributed by atoms with van der Waals surface area (Å²) in [4.78, 5) is 10.7. The fourth-order valence-electron chi connectivity index (χ4n) is 1.48. The average molecular weight is 287 g/mol. The number of hydrogen-bond acceptors (Lipinski definition) is 4. The van der Waals surface area contributed by atoms with Gasteiger partial charge in [0.25, 0.3) is 0 Å². The Kier molecular flexibility index (Phi) is 4.54. The zero-order valence-corrected chi connectivity index (χ0v) is 12.0. The van der Waals surface area contributed by atoms with Gasteiger partial charge in [-0.05, 0) is 44.0 Å². The maximum absolute atomic E-state index is 12.1. The predicted octanol–water partition coefficient (Wildman–Crippen LogP) is 1.06. The molecule has 0 spiro atoms. The topological polar surface area (TPSA) is 92.7 Å². The summed E-state index contributed by atoms with van der Waals surface area (Å²) in [5, 5.41) is 8.76. The lowest BCUT2D eigenvalue weighted by Crippen LogP contribution is -2.38. The van der Waals surface area contributed by atoms with Crippen LogP contribution in [0.5, 0.6) is 5.75 Å². The molecule has 0 amide bonds. The van der Waals surface area contributed by atoms with E-state index in [0.29, 0.717) is 0 Å². The summed E-state index contributed by atoms with van der Waals surface area (Å²) in [7, 11) is -2.58. The standard InChI is InChI=1S/C12H17NO5S/c1-7-5-10(18-4)11(6-8(7)2)19(16,17)13-9(3)12(14)15/h5-6,9,13H,1-4H3,(H,14,15). The molecule has 0 aliphatic rings. The van der Waals surface area contributed by atoms with Crippen LogP contribution in [0.2, 0.25) is 0 Å². The number of aliphatic carboxylic acids is 1. The maximum atomic E-state index is 12.1. The Morgan fingerprint density at radius 1 is 1.32 bits per heavy atom. The molecule has 0 saturated heterocycles. The van der Waals surface area contributed by atoms with E-state index in [-0.39, 0.29) is 10.6 Å². The van der Waals surface area contributed by atoms with E-state index in [1.807, 2.05) is 6.92 Å². The fourth-order valence-corrected chi connectivity index (χ4v) is 2.91. The highest BCUT2D eigenvalue weighted by molar-refractivity contribution is 7.89. The highest BCUT2D eigenvalue weighted by Crippen LogP contribution is 2.27. The minimum atomic E-state index is -3.94. The summed E-state index contributed by atoms with van der Waals surface area (Å²) in [5.74, 6) is -1.06. The Labute approximate surface area is 112 Å². The van der Waals surface area contributed by atoms with Gasteiger partial charge in [-0.3, -0.25) is 4.79 Å². The molecular formula is C12H17NO5S. The molecule has 0 fully saturated rings. The van der Waals surface area contributed by atoms with Crippen molar-refractivity contribution in [3.8, 4) is 5.75 Å². The Hall–Kier alpha value is -1.60. The Bertz CT molecular complexity index is 594. The zero-order chi connectivity index (χ0) is 14.8. The van der Waals surface area contributed by atoms with Crippen molar-refractivity contribution in [3.63, 3.8) is 0 Å². The monoisotopic (exact) mass is 287 g/mol. The van der Waals surface area contributed by atoms with Gasteiger partial charge in [0.1, 0.15) is 16.7 Å². The van der Waals surface area contributed by atoms with Gasteiger partial charge >= 0.3 is 5.97 Å². The number of benzene rings is 1. The first-order chi connectivity index (χ1) is 8.69. The summed E-state index contributed by atoms with van der Waals surface area (Å²) >= 11 is 0. The molecule has 0 aliphatic heterocycles. The van der Waals surface area contributed by atoms with Crippen LogP contribution in [0.3, 0.4) is 0 Å². The van der Waals surface area contributed by atoms with E-state index in [9.17, 15) is 13.2 Å². The molecule has 0 heterocycles. The number of carboxylic acids is 1. The maximum Gasteiger partial charge on any atom is 0.321 e. The number of carboxylic acid groups (broad SMARTS) is 1. The van der Waals surface area contributed by atoms with Crippen LogP contribution >= 0.6 is 0 Å². The summed E-state index contributed by atoms with van der Waals surface area (Å²) < 4.78 is 31.4. The van der Waals surface area contributed by atoms with Gasteiger partial charge in [-0.2, -0.15) is 4.72 Å². The van der Waals surface area contributed by atoms with Gasteiger partial charge in [-0.25, -0.2) is 8.42 Å². The number of aryl methyl sites for hydroxylation is 2. The first-order valence-corrected chi connectivity index (χ1v) is 7.07. The van der Waals surface area contributed by atoms with E-state index in [1.54, 1.807) is 13.0 Å². The van der Waals surface area contributed by atoms with E-state index in [2.05, 4.69) is 4.72 Å². The van der Waals surface area contributed by atoms with Crippen LogP contribution in [0, 0.1) is 13.8 Å². The molecule has 1 unspecified atom stereocenters. The number of methoxy groups -OCH3 is 1. The quantitative estimate of drug-likeness (QED) is 0.845. The molecule has 0 bridgehead atoms. The smallest absolute Gasteiger partial charge is 0.321 e. The molecular weight excluding hydrogens is 270 g/mol. The van der Waals surface area contributed by atoms with Crippen molar-refractivity contribution in [2.45, 2.75) is 31.7 Å². The molecule has 2 N–H and O–H groups in total. The summed E-state index contributed by atoms with van der Waals surface area (Å²) in [5.41, 5.74) is 1.67. The minimum absolute atomic E-state index is 0.0637. The molecule has 0 aromatic heterocycles. The number of carbonyl (C=O) groups is 1. The largest absolute Gasteiger partial charge is 0.495 e. The van der Waals surface area contributed by atoms with Crippen LogP contribution in [-0.4, -0.2) is 32.6 Å². The van der Waals surface area contributed by atoms with E-state index < -0.39 is 22.0 Å². The first kappa shape index (κ1) is 15.5. The third kappa shape index (κ3) is 3.45. The van der Waals surface area contributed by atoms with E-state index in [0.717, 1.165) is 11.1 Å². The van der Waals surface area contributed by atoms with Crippen molar-refractivity contribution in [1.82, 2.24) is 4.72 Å². The lowest BCUT2D eigenvalue weighted by Gasteiger charge is -2.14. The van der Waals surface area contributed by atoms with E-state index in [4.69, 9.17) is 9.84 Å². The normalized spacial score (nSPS) is 13.1. The summed E-state index contributed by atoms with van der Waals surface area (Å²) in [6, 6.07) is 1.86. The fraction of sp³-hybridized carbons (Fsp3) is 0.417. The van der Waals surface area contributed by atoms with Crippen LogP contribution in [0.25, 0.3) is 0 Å². The predicted molar refractivity (Wildman–Crippen MR) is 69.9 cm³/mol. The summed E-state index contributed by atoms with van der Waals surface area (Å²) in [6.45, 7) is 4.86. The van der Waals surface area contributed by atoms with Crippen LogP contribution in [0.1, 0.15) is 18.1 Å². The Morgan fingerprint density at radius 2 is 1.84 bits per heavy atom. The Morgan fingerprint density at radius 3 is 2.32 bits per heavy atom. The van der Waals surface area contributed by atoms with Crippen molar-refractivity contribution >= 4 is 16.0 Å². The molecule has 19 heavy (non-hydrogen) atoms. The van der Waals surface area contributed by atoms with Crippen molar-refractivity contribution in [2.24, 2.45) is 0 Å². The van der Waals surface area contributed by atoms with E-state index >= 15 is 0 Å². The zero-order valence-electron chi connectivity index (χ0n) is 11.2. The molecule has 7 heteroatoms. The van der Waals surface area contributed by atoms with Gasteiger partial charge in [-0.15, -0.1) is 0 Å². The second kappa shape index (κ2) is 5.58. The molecule has 1 aromatic rings. The second-order valence-corrected chi connectivity index (χ2v) is 5.95. The SMILES string of the molecule is COc1cc(C)c(C)cc1S(=O)(=O)NC(C)C(=O)O. The van der Waals surface area contributed by atoms with Gasteiger partial charge in [-0.1, -0.05) is 0 Å². The van der Waals surface area contributed by atoms with Crippen molar-refractivity contribution < 1.29 is 23.1 Å². The van der Waals surface area contributed by atoms with Crippen LogP contribution < -0.4 is 9.46 Å². The van der Waals surface area contributed by atoms with E-state index in [1.165, 1.54) is 20.1 Å². The number of sulfonamides is 1. The molecule has 106 valence electrons. The van der Waals surface area contributed by atoms with Crippen molar-refractivity contribution in [1.29, 1.82) is 0 Å². The highest BCUT2D eigenvalue weighted by atomic mass is 32.2. The number of nitrogens with one attached hydrogen (secondary N) is 1. The highest BCUT2D eigenvalue weighted by Gasteiger charge is 2.25. The molecule has 1 aromatic carbocycles. The molecule has 0 aliphatic carbocycles.